The van der Waals surface area contributed by atoms with E-state index >= 15 is 0 Å². The van der Waals surface area contributed by atoms with E-state index in [1.165, 1.54) is 0 Å². The molecule has 2 rings (SSSR count). The molecule has 0 atom stereocenters. The highest BCUT2D eigenvalue weighted by molar-refractivity contribution is 6.30. The first kappa shape index (κ1) is 15.1. The van der Waals surface area contributed by atoms with Crippen LogP contribution in [0.2, 0.25) is 5.02 Å². The first-order chi connectivity index (χ1) is 10.1. The highest BCUT2D eigenvalue weighted by Gasteiger charge is 2.07. The molecule has 2 aromatic rings. The second-order valence-corrected chi connectivity index (χ2v) is 4.94. The van der Waals surface area contributed by atoms with Crippen LogP contribution in [0.1, 0.15) is 15.9 Å². The topological polar surface area (TPSA) is 55.4 Å². The minimum absolute atomic E-state index is 0.184. The number of nitrogens with one attached hydrogen (secondary N) is 1. The van der Waals surface area contributed by atoms with Crippen LogP contribution in [0.5, 0.6) is 5.75 Å². The van der Waals surface area contributed by atoms with Crippen molar-refractivity contribution in [1.29, 1.82) is 0 Å². The number of aldehydes is 1. The van der Waals surface area contributed by atoms with Gasteiger partial charge >= 0.3 is 0 Å². The lowest BCUT2D eigenvalue weighted by Crippen LogP contribution is -2.20. The van der Waals surface area contributed by atoms with Gasteiger partial charge in [-0.15, -0.1) is 0 Å². The third-order valence-corrected chi connectivity index (χ3v) is 2.99. The molecule has 0 aliphatic heterocycles. The third-order valence-electron chi connectivity index (χ3n) is 2.76. The Hall–Kier alpha value is -2.33. The molecule has 0 spiro atoms. The molecule has 0 heterocycles. The summed E-state index contributed by atoms with van der Waals surface area (Å²) in [4.78, 5) is 22.8. The van der Waals surface area contributed by atoms with Gasteiger partial charge in [-0.25, -0.2) is 0 Å². The molecule has 0 aliphatic rings. The highest BCUT2D eigenvalue weighted by atomic mass is 35.5. The van der Waals surface area contributed by atoms with E-state index in [4.69, 9.17) is 16.3 Å². The number of benzene rings is 2. The third kappa shape index (κ3) is 4.33. The van der Waals surface area contributed by atoms with Crippen LogP contribution in [0, 0.1) is 6.92 Å². The summed E-state index contributed by atoms with van der Waals surface area (Å²) in [5.74, 6) is 0.0616. The first-order valence-electron chi connectivity index (χ1n) is 6.32. The number of amides is 1. The smallest absolute Gasteiger partial charge is 0.262 e. The zero-order chi connectivity index (χ0) is 15.2. The van der Waals surface area contributed by atoms with Crippen LogP contribution in [0.3, 0.4) is 0 Å². The summed E-state index contributed by atoms with van der Waals surface area (Å²) < 4.78 is 5.37. The SMILES string of the molecule is Cc1ccc(OCC(=O)Nc2cccc(Cl)c2)c(C=O)c1. The molecule has 0 saturated carbocycles. The Morgan fingerprint density at radius 2 is 2.10 bits per heavy atom. The molecule has 0 bridgehead atoms. The molecule has 0 saturated heterocycles. The Labute approximate surface area is 127 Å². The Morgan fingerprint density at radius 3 is 2.81 bits per heavy atom. The summed E-state index contributed by atoms with van der Waals surface area (Å²) >= 11 is 5.83. The van der Waals surface area contributed by atoms with Gasteiger partial charge in [0.2, 0.25) is 0 Å². The second-order valence-electron chi connectivity index (χ2n) is 4.51. The van der Waals surface area contributed by atoms with E-state index in [2.05, 4.69) is 5.32 Å². The molecular formula is C16H14ClNO3. The highest BCUT2D eigenvalue weighted by Crippen LogP contribution is 2.18. The number of carbonyl (C=O) groups excluding carboxylic acids is 2. The van der Waals surface area contributed by atoms with Crippen molar-refractivity contribution in [2.45, 2.75) is 6.92 Å². The summed E-state index contributed by atoms with van der Waals surface area (Å²) in [5.41, 5.74) is 1.97. The monoisotopic (exact) mass is 303 g/mol. The summed E-state index contributed by atoms with van der Waals surface area (Å²) in [6, 6.07) is 12.0. The van der Waals surface area contributed by atoms with Gasteiger partial charge in [-0.2, -0.15) is 0 Å². The van der Waals surface area contributed by atoms with Crippen LogP contribution in [-0.4, -0.2) is 18.8 Å². The quantitative estimate of drug-likeness (QED) is 0.860. The molecule has 2 aromatic carbocycles. The predicted molar refractivity (Wildman–Crippen MR) is 82.1 cm³/mol. The Balaban J connectivity index is 1.97. The van der Waals surface area contributed by atoms with Gasteiger partial charge in [0.15, 0.2) is 12.9 Å². The first-order valence-corrected chi connectivity index (χ1v) is 6.70. The maximum atomic E-state index is 11.8. The van der Waals surface area contributed by atoms with Crippen LogP contribution in [0.25, 0.3) is 0 Å². The van der Waals surface area contributed by atoms with E-state index in [-0.39, 0.29) is 12.5 Å². The summed E-state index contributed by atoms with van der Waals surface area (Å²) in [7, 11) is 0. The van der Waals surface area contributed by atoms with Gasteiger partial charge in [0, 0.05) is 10.7 Å². The molecule has 1 N–H and O–H groups in total. The summed E-state index contributed by atoms with van der Waals surface area (Å²) in [6.07, 6.45) is 0.706. The van der Waals surface area contributed by atoms with Crippen molar-refractivity contribution in [3.63, 3.8) is 0 Å². The maximum absolute atomic E-state index is 11.8. The number of hydrogen-bond donors (Lipinski definition) is 1. The zero-order valence-electron chi connectivity index (χ0n) is 11.4. The van der Waals surface area contributed by atoms with Gasteiger partial charge in [0.05, 0.1) is 5.56 Å². The van der Waals surface area contributed by atoms with Crippen molar-refractivity contribution in [3.8, 4) is 5.75 Å². The largest absolute Gasteiger partial charge is 0.483 e. The molecule has 0 aliphatic carbocycles. The molecule has 0 unspecified atom stereocenters. The maximum Gasteiger partial charge on any atom is 0.262 e. The van der Waals surface area contributed by atoms with E-state index in [0.717, 1.165) is 5.56 Å². The molecule has 4 nitrogen and oxygen atoms in total. The van der Waals surface area contributed by atoms with Crippen molar-refractivity contribution in [1.82, 2.24) is 0 Å². The lowest BCUT2D eigenvalue weighted by Gasteiger charge is -2.09. The van der Waals surface area contributed by atoms with Gasteiger partial charge in [-0.3, -0.25) is 9.59 Å². The van der Waals surface area contributed by atoms with Crippen LogP contribution >= 0.6 is 11.6 Å². The summed E-state index contributed by atoms with van der Waals surface area (Å²) in [5, 5.41) is 3.20. The normalized spacial score (nSPS) is 10.0. The van der Waals surface area contributed by atoms with Gasteiger partial charge in [-0.1, -0.05) is 29.3 Å². The van der Waals surface area contributed by atoms with Crippen LogP contribution in [0.4, 0.5) is 5.69 Å². The number of carbonyl (C=O) groups is 2. The predicted octanol–water partition coefficient (Wildman–Crippen LogP) is 3.48. The molecule has 5 heteroatoms. The Kier molecular flexibility index (Phi) is 4.95. The fourth-order valence-electron chi connectivity index (χ4n) is 1.80. The standard InChI is InChI=1S/C16H14ClNO3/c1-11-5-6-15(12(7-11)9-19)21-10-16(20)18-14-4-2-3-13(17)8-14/h2-9H,10H2,1H3,(H,18,20). The Bertz CT molecular complexity index is 670. The number of halogens is 1. The van der Waals surface area contributed by atoms with E-state index < -0.39 is 0 Å². The van der Waals surface area contributed by atoms with Crippen molar-refractivity contribution >= 4 is 29.5 Å². The van der Waals surface area contributed by atoms with E-state index in [0.29, 0.717) is 28.3 Å². The van der Waals surface area contributed by atoms with Gasteiger partial charge in [0.1, 0.15) is 5.75 Å². The minimum Gasteiger partial charge on any atom is -0.483 e. The van der Waals surface area contributed by atoms with Crippen molar-refractivity contribution in [2.75, 3.05) is 11.9 Å². The summed E-state index contributed by atoms with van der Waals surface area (Å²) in [6.45, 7) is 1.69. The molecule has 108 valence electrons. The van der Waals surface area contributed by atoms with E-state index in [1.807, 2.05) is 13.0 Å². The van der Waals surface area contributed by atoms with E-state index in [1.54, 1.807) is 36.4 Å². The fourth-order valence-corrected chi connectivity index (χ4v) is 1.99. The van der Waals surface area contributed by atoms with Crippen molar-refractivity contribution in [2.24, 2.45) is 0 Å². The van der Waals surface area contributed by atoms with Gasteiger partial charge in [0.25, 0.3) is 5.91 Å². The van der Waals surface area contributed by atoms with Gasteiger partial charge < -0.3 is 10.1 Å². The molecule has 1 amide bonds. The van der Waals surface area contributed by atoms with Crippen molar-refractivity contribution in [3.05, 3.63) is 58.6 Å². The van der Waals surface area contributed by atoms with Crippen LogP contribution < -0.4 is 10.1 Å². The molecular weight excluding hydrogens is 290 g/mol. The average molecular weight is 304 g/mol. The second kappa shape index (κ2) is 6.90. The Morgan fingerprint density at radius 1 is 1.29 bits per heavy atom. The lowest BCUT2D eigenvalue weighted by atomic mass is 10.1. The number of ether oxygens (including phenoxy) is 1. The molecule has 0 aromatic heterocycles. The number of rotatable bonds is 5. The number of aryl methyl sites for hydroxylation is 1. The molecule has 0 fully saturated rings. The lowest BCUT2D eigenvalue weighted by molar-refractivity contribution is -0.118. The number of hydrogen-bond acceptors (Lipinski definition) is 3. The van der Waals surface area contributed by atoms with Crippen molar-refractivity contribution < 1.29 is 14.3 Å². The van der Waals surface area contributed by atoms with Crippen LogP contribution in [-0.2, 0) is 4.79 Å². The van der Waals surface area contributed by atoms with E-state index in [9.17, 15) is 9.59 Å². The average Bonchev–Trinajstić information content (AvgIpc) is 2.45. The number of anilines is 1. The van der Waals surface area contributed by atoms with Gasteiger partial charge in [-0.05, 0) is 37.3 Å². The van der Waals surface area contributed by atoms with Crippen LogP contribution in [0.15, 0.2) is 42.5 Å². The molecule has 21 heavy (non-hydrogen) atoms. The molecule has 0 radical (unpaired) electrons. The zero-order valence-corrected chi connectivity index (χ0v) is 12.2. The fraction of sp³-hybridized carbons (Fsp3) is 0.125. The minimum atomic E-state index is -0.324.